The normalized spacial score (nSPS) is 17.8. The summed E-state index contributed by atoms with van der Waals surface area (Å²) in [5.74, 6) is 0.979. The highest BCUT2D eigenvalue weighted by atomic mass is 16.5. The smallest absolute Gasteiger partial charge is 0.253 e. The number of H-pyrrole nitrogens is 1. The Morgan fingerprint density at radius 2 is 2.00 bits per heavy atom. The number of carbonyl (C=O) groups excluding carboxylic acids is 1. The maximum absolute atomic E-state index is 13.6. The summed E-state index contributed by atoms with van der Waals surface area (Å²) in [4.78, 5) is 22.2. The SMILES string of the molecule is COCc1cc(C2CCC(NC(=O)c3cc(-c4ccnc(OC)c4)n(C)c3C(N)=NC=C(C)C)CC2)n[nH]1. The zero-order chi connectivity index (χ0) is 27.2. The van der Waals surface area contributed by atoms with Crippen molar-refractivity contribution in [3.05, 3.63) is 64.9 Å². The van der Waals surface area contributed by atoms with E-state index < -0.39 is 0 Å². The van der Waals surface area contributed by atoms with Crippen molar-refractivity contribution >= 4 is 11.7 Å². The van der Waals surface area contributed by atoms with Crippen LogP contribution in [0.2, 0.25) is 0 Å². The summed E-state index contributed by atoms with van der Waals surface area (Å²) >= 11 is 0. The third-order valence-corrected chi connectivity index (χ3v) is 6.85. The molecular weight excluding hydrogens is 482 g/mol. The Morgan fingerprint density at radius 3 is 2.68 bits per heavy atom. The van der Waals surface area contributed by atoms with Gasteiger partial charge in [-0.3, -0.25) is 9.89 Å². The largest absolute Gasteiger partial charge is 0.481 e. The number of methoxy groups -OCH3 is 2. The summed E-state index contributed by atoms with van der Waals surface area (Å²) < 4.78 is 12.4. The number of aromatic amines is 1. The van der Waals surface area contributed by atoms with Crippen molar-refractivity contribution in [2.45, 2.75) is 58.1 Å². The summed E-state index contributed by atoms with van der Waals surface area (Å²) in [6.07, 6.45) is 7.04. The molecular formula is C28H37N7O3. The number of allylic oxidation sites excluding steroid dienone is 1. The lowest BCUT2D eigenvalue weighted by Gasteiger charge is -2.28. The molecule has 1 amide bonds. The fourth-order valence-corrected chi connectivity index (χ4v) is 4.92. The van der Waals surface area contributed by atoms with Gasteiger partial charge in [-0.1, -0.05) is 5.57 Å². The van der Waals surface area contributed by atoms with Crippen LogP contribution in [0.1, 0.15) is 72.9 Å². The van der Waals surface area contributed by atoms with E-state index in [1.165, 1.54) is 0 Å². The summed E-state index contributed by atoms with van der Waals surface area (Å²) in [5.41, 5.74) is 12.2. The lowest BCUT2D eigenvalue weighted by molar-refractivity contribution is 0.0925. The topological polar surface area (TPSA) is 132 Å². The van der Waals surface area contributed by atoms with Crippen molar-refractivity contribution in [3.63, 3.8) is 0 Å². The van der Waals surface area contributed by atoms with E-state index >= 15 is 0 Å². The molecule has 4 N–H and O–H groups in total. The molecule has 38 heavy (non-hydrogen) atoms. The fraction of sp³-hybridized carbons (Fsp3) is 0.429. The molecule has 1 saturated carbocycles. The van der Waals surface area contributed by atoms with Crippen molar-refractivity contribution in [3.8, 4) is 17.1 Å². The van der Waals surface area contributed by atoms with Gasteiger partial charge in [0.1, 0.15) is 5.84 Å². The maximum Gasteiger partial charge on any atom is 0.253 e. The van der Waals surface area contributed by atoms with Crippen LogP contribution in [-0.4, -0.2) is 51.8 Å². The van der Waals surface area contributed by atoms with Crippen molar-refractivity contribution in [1.82, 2.24) is 25.1 Å². The molecule has 1 aliphatic carbocycles. The number of aromatic nitrogens is 4. The van der Waals surface area contributed by atoms with Crippen LogP contribution in [-0.2, 0) is 18.4 Å². The molecule has 0 unspecified atom stereocenters. The second kappa shape index (κ2) is 12.1. The van der Waals surface area contributed by atoms with Crippen LogP contribution < -0.4 is 15.8 Å². The number of amidine groups is 1. The molecule has 10 heteroatoms. The van der Waals surface area contributed by atoms with Crippen LogP contribution in [0, 0.1) is 0 Å². The Morgan fingerprint density at radius 1 is 1.24 bits per heavy atom. The zero-order valence-electron chi connectivity index (χ0n) is 22.7. The lowest BCUT2D eigenvalue weighted by Crippen LogP contribution is -2.38. The number of pyridine rings is 1. The predicted octanol–water partition coefficient (Wildman–Crippen LogP) is 4.05. The standard InChI is InChI=1S/C28H37N7O3/c1-17(2)15-31-27(29)26-22(14-24(35(26)3)19-10-11-30-25(12-19)38-5)28(36)32-20-8-6-18(7-9-20)23-13-21(16-37-4)33-34-23/h10-15,18,20H,6-9,16H2,1-5H3,(H2,29,31)(H,32,36)(H,33,34). The molecule has 0 aliphatic heterocycles. The summed E-state index contributed by atoms with van der Waals surface area (Å²) in [6, 6.07) is 7.72. The quantitative estimate of drug-likeness (QED) is 0.289. The second-order valence-electron chi connectivity index (χ2n) is 9.93. The first kappa shape index (κ1) is 27.1. The van der Waals surface area contributed by atoms with Gasteiger partial charge < -0.3 is 25.1 Å². The lowest BCUT2D eigenvalue weighted by atomic mass is 9.84. The Kier molecular flexibility index (Phi) is 8.62. The van der Waals surface area contributed by atoms with Crippen LogP contribution in [0.4, 0.5) is 0 Å². The Balaban J connectivity index is 1.55. The average molecular weight is 520 g/mol. The van der Waals surface area contributed by atoms with Crippen LogP contribution in [0.25, 0.3) is 11.3 Å². The van der Waals surface area contributed by atoms with E-state index in [9.17, 15) is 4.79 Å². The van der Waals surface area contributed by atoms with E-state index in [2.05, 4.69) is 31.6 Å². The number of carbonyl (C=O) groups is 1. The molecule has 0 saturated heterocycles. The Hall–Kier alpha value is -3.92. The van der Waals surface area contributed by atoms with Crippen LogP contribution in [0.5, 0.6) is 5.88 Å². The van der Waals surface area contributed by atoms with Crippen molar-refractivity contribution in [2.75, 3.05) is 14.2 Å². The van der Waals surface area contributed by atoms with E-state index in [0.29, 0.717) is 29.7 Å². The van der Waals surface area contributed by atoms with Gasteiger partial charge >= 0.3 is 0 Å². The van der Waals surface area contributed by atoms with Crippen LogP contribution in [0.3, 0.4) is 0 Å². The van der Waals surface area contributed by atoms with E-state index in [4.69, 9.17) is 15.2 Å². The van der Waals surface area contributed by atoms with E-state index in [0.717, 1.165) is 53.9 Å². The van der Waals surface area contributed by atoms with Gasteiger partial charge in [0.05, 0.1) is 36.4 Å². The van der Waals surface area contributed by atoms with Gasteiger partial charge in [-0.2, -0.15) is 5.10 Å². The van der Waals surface area contributed by atoms with Gasteiger partial charge in [0.25, 0.3) is 5.91 Å². The number of nitrogens with two attached hydrogens (primary N) is 1. The molecule has 3 aromatic rings. The predicted molar refractivity (Wildman–Crippen MR) is 147 cm³/mol. The molecule has 1 aliphatic rings. The number of aliphatic imine (C=N–C) groups is 1. The summed E-state index contributed by atoms with van der Waals surface area (Å²) in [5, 5.41) is 10.8. The van der Waals surface area contributed by atoms with E-state index in [-0.39, 0.29) is 17.8 Å². The van der Waals surface area contributed by atoms with E-state index in [1.54, 1.807) is 26.6 Å². The van der Waals surface area contributed by atoms with Gasteiger partial charge in [0.15, 0.2) is 0 Å². The number of rotatable bonds is 9. The first-order chi connectivity index (χ1) is 18.3. The number of nitrogens with one attached hydrogen (secondary N) is 2. The van der Waals surface area contributed by atoms with Crippen molar-refractivity contribution in [2.24, 2.45) is 17.8 Å². The minimum absolute atomic E-state index is 0.0737. The van der Waals surface area contributed by atoms with Gasteiger partial charge in [-0.15, -0.1) is 0 Å². The average Bonchev–Trinajstić information content (AvgIpc) is 3.52. The molecule has 0 aromatic carbocycles. The van der Waals surface area contributed by atoms with Crippen molar-refractivity contribution in [1.29, 1.82) is 0 Å². The third-order valence-electron chi connectivity index (χ3n) is 6.85. The van der Waals surface area contributed by atoms with Gasteiger partial charge in [-0.25, -0.2) is 9.98 Å². The molecule has 3 heterocycles. The van der Waals surface area contributed by atoms with Crippen LogP contribution in [0.15, 0.2) is 47.2 Å². The molecule has 1 fully saturated rings. The number of ether oxygens (including phenoxy) is 2. The molecule has 3 aromatic heterocycles. The molecule has 0 spiro atoms. The minimum Gasteiger partial charge on any atom is -0.481 e. The molecule has 10 nitrogen and oxygen atoms in total. The van der Waals surface area contributed by atoms with Gasteiger partial charge in [-0.05, 0) is 57.7 Å². The zero-order valence-corrected chi connectivity index (χ0v) is 22.7. The highest BCUT2D eigenvalue weighted by Crippen LogP contribution is 2.33. The number of hydrogen-bond donors (Lipinski definition) is 3. The highest BCUT2D eigenvalue weighted by molar-refractivity contribution is 6.09. The molecule has 202 valence electrons. The van der Waals surface area contributed by atoms with Crippen LogP contribution >= 0.6 is 0 Å². The first-order valence-corrected chi connectivity index (χ1v) is 12.8. The second-order valence-corrected chi connectivity index (χ2v) is 9.93. The summed E-state index contributed by atoms with van der Waals surface area (Å²) in [6.45, 7) is 4.41. The summed E-state index contributed by atoms with van der Waals surface area (Å²) in [7, 11) is 5.13. The Labute approximate surface area is 223 Å². The molecule has 4 rings (SSSR count). The number of nitrogens with zero attached hydrogens (tertiary/aromatic N) is 4. The minimum atomic E-state index is -0.163. The van der Waals surface area contributed by atoms with Gasteiger partial charge in [0.2, 0.25) is 5.88 Å². The monoisotopic (exact) mass is 519 g/mol. The molecule has 0 radical (unpaired) electrons. The van der Waals surface area contributed by atoms with E-state index in [1.807, 2.05) is 43.7 Å². The maximum atomic E-state index is 13.6. The number of hydrogen-bond acceptors (Lipinski definition) is 6. The fourth-order valence-electron chi connectivity index (χ4n) is 4.92. The number of amides is 1. The molecule has 0 bridgehead atoms. The van der Waals surface area contributed by atoms with Crippen molar-refractivity contribution < 1.29 is 14.3 Å². The van der Waals surface area contributed by atoms with Gasteiger partial charge in [0, 0.05) is 55.8 Å². The first-order valence-electron chi connectivity index (χ1n) is 12.8. The Bertz CT molecular complexity index is 1330. The molecule has 0 atom stereocenters. The highest BCUT2D eigenvalue weighted by Gasteiger charge is 2.28. The third kappa shape index (κ3) is 6.13.